The lowest BCUT2D eigenvalue weighted by Crippen LogP contribution is -2.14. The van der Waals surface area contributed by atoms with Crippen LogP contribution in [0.5, 0.6) is 0 Å². The zero-order valence-corrected chi connectivity index (χ0v) is 7.91. The summed E-state index contributed by atoms with van der Waals surface area (Å²) in [6.45, 7) is 0.629. The molecule has 5 heteroatoms. The van der Waals surface area contributed by atoms with Gasteiger partial charge < -0.3 is 9.72 Å². The molecule has 14 heavy (non-hydrogen) atoms. The van der Waals surface area contributed by atoms with Crippen LogP contribution in [0.1, 0.15) is 17.8 Å². The first-order valence-electron chi connectivity index (χ1n) is 4.25. The maximum absolute atomic E-state index is 11.2. The van der Waals surface area contributed by atoms with E-state index in [2.05, 4.69) is 9.97 Å². The Labute approximate surface area is 81.4 Å². The summed E-state index contributed by atoms with van der Waals surface area (Å²) in [6.07, 6.45) is 2.74. The first-order valence-corrected chi connectivity index (χ1v) is 4.25. The number of nitrogens with one attached hydrogen (secondary N) is 1. The molecule has 0 bridgehead atoms. The summed E-state index contributed by atoms with van der Waals surface area (Å²) in [5.41, 5.74) is -0.338. The van der Waals surface area contributed by atoms with Crippen LogP contribution in [0.15, 0.2) is 11.0 Å². The Morgan fingerprint density at radius 1 is 1.71 bits per heavy atom. The average molecular weight is 193 g/mol. The average Bonchev–Trinajstić information content (AvgIpc) is 2.18. The molecule has 74 valence electrons. The second kappa shape index (κ2) is 5.14. The van der Waals surface area contributed by atoms with Crippen molar-refractivity contribution in [2.45, 2.75) is 12.8 Å². The monoisotopic (exact) mass is 193 g/mol. The molecule has 0 aliphatic heterocycles. The molecule has 1 aromatic rings. The summed E-state index contributed by atoms with van der Waals surface area (Å²) in [5.74, 6) is 0.589. The van der Waals surface area contributed by atoms with E-state index in [1.165, 1.54) is 6.20 Å². The number of nitrogens with zero attached hydrogens (tertiary/aromatic N) is 2. The highest BCUT2D eigenvalue weighted by Crippen LogP contribution is 1.93. The number of methoxy groups -OCH3 is 1. The first kappa shape index (κ1) is 10.4. The van der Waals surface area contributed by atoms with Gasteiger partial charge in [0.2, 0.25) is 0 Å². The summed E-state index contributed by atoms with van der Waals surface area (Å²) in [5, 5.41) is 8.49. The fourth-order valence-electron chi connectivity index (χ4n) is 1.02. The van der Waals surface area contributed by atoms with Crippen LogP contribution in [0.2, 0.25) is 0 Å². The summed E-state index contributed by atoms with van der Waals surface area (Å²) in [7, 11) is 1.62. The van der Waals surface area contributed by atoms with E-state index in [0.717, 1.165) is 6.42 Å². The third-order valence-corrected chi connectivity index (χ3v) is 1.73. The van der Waals surface area contributed by atoms with E-state index < -0.39 is 0 Å². The van der Waals surface area contributed by atoms with Gasteiger partial charge in [-0.3, -0.25) is 4.79 Å². The van der Waals surface area contributed by atoms with E-state index in [1.807, 2.05) is 0 Å². The normalized spacial score (nSPS) is 9.71. The molecule has 1 aromatic heterocycles. The molecular formula is C9H11N3O2. The van der Waals surface area contributed by atoms with Crippen molar-refractivity contribution in [2.75, 3.05) is 13.7 Å². The molecule has 0 saturated carbocycles. The minimum absolute atomic E-state index is 0.0421. The van der Waals surface area contributed by atoms with Crippen molar-refractivity contribution in [2.24, 2.45) is 0 Å². The van der Waals surface area contributed by atoms with E-state index >= 15 is 0 Å². The van der Waals surface area contributed by atoms with E-state index in [-0.39, 0.29) is 11.1 Å². The van der Waals surface area contributed by atoms with Gasteiger partial charge in [-0.1, -0.05) is 0 Å². The van der Waals surface area contributed by atoms with Gasteiger partial charge in [-0.2, -0.15) is 5.26 Å². The van der Waals surface area contributed by atoms with Gasteiger partial charge in [-0.05, 0) is 6.42 Å². The minimum atomic E-state index is -0.380. The van der Waals surface area contributed by atoms with Crippen LogP contribution in [0.4, 0.5) is 0 Å². The number of aryl methyl sites for hydroxylation is 1. The van der Waals surface area contributed by atoms with Gasteiger partial charge >= 0.3 is 0 Å². The smallest absolute Gasteiger partial charge is 0.268 e. The van der Waals surface area contributed by atoms with E-state index in [1.54, 1.807) is 13.2 Å². The van der Waals surface area contributed by atoms with Gasteiger partial charge in [0.05, 0.1) is 6.20 Å². The summed E-state index contributed by atoms with van der Waals surface area (Å²) < 4.78 is 4.87. The fourth-order valence-corrected chi connectivity index (χ4v) is 1.02. The van der Waals surface area contributed by atoms with E-state index in [4.69, 9.17) is 10.00 Å². The Kier molecular flexibility index (Phi) is 3.83. The van der Waals surface area contributed by atoms with Crippen LogP contribution in [0.3, 0.4) is 0 Å². The van der Waals surface area contributed by atoms with Gasteiger partial charge in [0.1, 0.15) is 17.5 Å². The molecule has 0 saturated heterocycles. The third-order valence-electron chi connectivity index (χ3n) is 1.73. The van der Waals surface area contributed by atoms with Crippen molar-refractivity contribution in [3.8, 4) is 6.07 Å². The lowest BCUT2D eigenvalue weighted by molar-refractivity contribution is 0.194. The number of ether oxygens (including phenoxy) is 1. The molecule has 1 heterocycles. The molecule has 0 aromatic carbocycles. The van der Waals surface area contributed by atoms with Crippen LogP contribution < -0.4 is 5.56 Å². The molecule has 0 aliphatic carbocycles. The minimum Gasteiger partial charge on any atom is -0.385 e. The molecule has 0 amide bonds. The van der Waals surface area contributed by atoms with Gasteiger partial charge in [0, 0.05) is 20.1 Å². The zero-order valence-electron chi connectivity index (χ0n) is 7.91. The van der Waals surface area contributed by atoms with Gasteiger partial charge in [-0.25, -0.2) is 4.98 Å². The molecule has 0 fully saturated rings. The Morgan fingerprint density at radius 2 is 2.50 bits per heavy atom. The molecule has 0 atom stereocenters. The Hall–Kier alpha value is -1.67. The quantitative estimate of drug-likeness (QED) is 0.694. The van der Waals surface area contributed by atoms with Crippen molar-refractivity contribution in [1.29, 1.82) is 5.26 Å². The first-order chi connectivity index (χ1) is 6.77. The summed E-state index contributed by atoms with van der Waals surface area (Å²) >= 11 is 0. The lowest BCUT2D eigenvalue weighted by atomic mass is 10.3. The van der Waals surface area contributed by atoms with Crippen LogP contribution >= 0.6 is 0 Å². The standard InChI is InChI=1S/C9H11N3O2/c1-14-4-2-3-8-11-6-7(5-10)9(13)12-8/h6H,2-4H2,1H3,(H,11,12,13). The molecule has 0 aliphatic rings. The Balaban J connectivity index is 2.68. The molecular weight excluding hydrogens is 182 g/mol. The molecule has 0 unspecified atom stereocenters. The highest BCUT2D eigenvalue weighted by molar-refractivity contribution is 5.21. The van der Waals surface area contributed by atoms with Crippen molar-refractivity contribution < 1.29 is 4.74 Å². The van der Waals surface area contributed by atoms with Crippen LogP contribution in [0.25, 0.3) is 0 Å². The number of H-pyrrole nitrogens is 1. The van der Waals surface area contributed by atoms with E-state index in [0.29, 0.717) is 18.9 Å². The molecule has 1 N–H and O–H groups in total. The van der Waals surface area contributed by atoms with Gasteiger partial charge in [0.25, 0.3) is 5.56 Å². The molecule has 5 nitrogen and oxygen atoms in total. The van der Waals surface area contributed by atoms with Gasteiger partial charge in [-0.15, -0.1) is 0 Å². The maximum atomic E-state index is 11.2. The Bertz CT molecular complexity index is 392. The van der Waals surface area contributed by atoms with Crippen molar-refractivity contribution in [3.05, 3.63) is 27.9 Å². The topological polar surface area (TPSA) is 78.8 Å². The summed E-state index contributed by atoms with van der Waals surface area (Å²) in [6, 6.07) is 1.76. The third kappa shape index (κ3) is 2.68. The zero-order chi connectivity index (χ0) is 10.4. The van der Waals surface area contributed by atoms with Crippen LogP contribution in [-0.4, -0.2) is 23.7 Å². The highest BCUT2D eigenvalue weighted by atomic mass is 16.5. The largest absolute Gasteiger partial charge is 0.385 e. The number of hydrogen-bond acceptors (Lipinski definition) is 4. The predicted octanol–water partition coefficient (Wildman–Crippen LogP) is 0.221. The molecule has 1 rings (SSSR count). The molecule has 0 spiro atoms. The SMILES string of the molecule is COCCCc1ncc(C#N)c(=O)[nH]1. The maximum Gasteiger partial charge on any atom is 0.268 e. The van der Waals surface area contributed by atoms with Crippen LogP contribution in [0, 0.1) is 11.3 Å². The number of nitriles is 1. The fraction of sp³-hybridized carbons (Fsp3) is 0.444. The second-order valence-electron chi connectivity index (χ2n) is 2.78. The van der Waals surface area contributed by atoms with Gasteiger partial charge in [0.15, 0.2) is 0 Å². The van der Waals surface area contributed by atoms with E-state index in [9.17, 15) is 4.79 Å². The van der Waals surface area contributed by atoms with Crippen molar-refractivity contribution in [1.82, 2.24) is 9.97 Å². The highest BCUT2D eigenvalue weighted by Gasteiger charge is 2.00. The molecule has 0 radical (unpaired) electrons. The number of rotatable bonds is 4. The number of hydrogen-bond donors (Lipinski definition) is 1. The van der Waals surface area contributed by atoms with Crippen LogP contribution in [-0.2, 0) is 11.2 Å². The number of aromatic amines is 1. The Morgan fingerprint density at radius 3 is 3.07 bits per heavy atom. The summed E-state index contributed by atoms with van der Waals surface area (Å²) in [4.78, 5) is 17.6. The number of aromatic nitrogens is 2. The lowest BCUT2D eigenvalue weighted by Gasteiger charge is -1.99. The second-order valence-corrected chi connectivity index (χ2v) is 2.78. The predicted molar refractivity (Wildman–Crippen MR) is 49.8 cm³/mol. The van der Waals surface area contributed by atoms with Crippen molar-refractivity contribution >= 4 is 0 Å². The van der Waals surface area contributed by atoms with Crippen molar-refractivity contribution in [3.63, 3.8) is 0 Å².